The lowest BCUT2D eigenvalue weighted by Crippen LogP contribution is -2.25. The summed E-state index contributed by atoms with van der Waals surface area (Å²) in [6, 6.07) is 0. The standard InChI is InChI=1S/C7H14O4/c1-5-7(2,3)11-10-6(8)9-4/h5H2,1-4H3. The van der Waals surface area contributed by atoms with Crippen LogP contribution in [0.1, 0.15) is 27.2 Å². The van der Waals surface area contributed by atoms with Crippen LogP contribution in [0.15, 0.2) is 0 Å². The van der Waals surface area contributed by atoms with E-state index in [0.29, 0.717) is 0 Å². The maximum atomic E-state index is 10.4. The Morgan fingerprint density at radius 3 is 2.36 bits per heavy atom. The lowest BCUT2D eigenvalue weighted by atomic mass is 10.1. The van der Waals surface area contributed by atoms with E-state index >= 15 is 0 Å². The van der Waals surface area contributed by atoms with E-state index in [0.717, 1.165) is 6.42 Å². The number of carbonyl (C=O) groups excluding carboxylic acids is 1. The molecule has 0 aromatic rings. The number of hydrogen-bond donors (Lipinski definition) is 0. The molecule has 0 amide bonds. The largest absolute Gasteiger partial charge is 0.540 e. The Morgan fingerprint density at radius 1 is 1.45 bits per heavy atom. The monoisotopic (exact) mass is 162 g/mol. The molecule has 0 saturated heterocycles. The van der Waals surface area contributed by atoms with Crippen LogP contribution in [0.4, 0.5) is 4.79 Å². The zero-order valence-corrected chi connectivity index (χ0v) is 7.34. The van der Waals surface area contributed by atoms with Crippen LogP contribution in [-0.4, -0.2) is 18.9 Å². The van der Waals surface area contributed by atoms with Gasteiger partial charge in [0.2, 0.25) is 0 Å². The summed E-state index contributed by atoms with van der Waals surface area (Å²) in [5.41, 5.74) is -0.450. The number of methoxy groups -OCH3 is 1. The van der Waals surface area contributed by atoms with Crippen molar-refractivity contribution < 1.29 is 19.3 Å². The number of hydrogen-bond acceptors (Lipinski definition) is 4. The Morgan fingerprint density at radius 2 is 2.00 bits per heavy atom. The third-order valence-electron chi connectivity index (χ3n) is 1.35. The minimum absolute atomic E-state index is 0.450. The van der Waals surface area contributed by atoms with E-state index in [1.165, 1.54) is 7.11 Å². The number of carbonyl (C=O) groups is 1. The molecule has 0 bridgehead atoms. The molecule has 0 spiro atoms. The van der Waals surface area contributed by atoms with E-state index in [9.17, 15) is 4.79 Å². The fourth-order valence-electron chi connectivity index (χ4n) is 0.240. The van der Waals surface area contributed by atoms with Crippen LogP contribution >= 0.6 is 0 Å². The molecule has 0 unspecified atom stereocenters. The van der Waals surface area contributed by atoms with Gasteiger partial charge in [0.15, 0.2) is 0 Å². The smallest absolute Gasteiger partial charge is 0.436 e. The summed E-state index contributed by atoms with van der Waals surface area (Å²) in [4.78, 5) is 19.4. The second-order valence-corrected chi connectivity index (χ2v) is 2.73. The van der Waals surface area contributed by atoms with E-state index in [-0.39, 0.29) is 0 Å². The summed E-state index contributed by atoms with van der Waals surface area (Å²) >= 11 is 0. The molecule has 4 heteroatoms. The normalized spacial score (nSPS) is 10.9. The first kappa shape index (κ1) is 10.2. The molecule has 66 valence electrons. The molecular formula is C7H14O4. The van der Waals surface area contributed by atoms with Crippen LogP contribution < -0.4 is 0 Å². The van der Waals surface area contributed by atoms with Gasteiger partial charge in [0.25, 0.3) is 0 Å². The molecule has 0 aromatic heterocycles. The van der Waals surface area contributed by atoms with Crippen molar-refractivity contribution in [2.24, 2.45) is 0 Å². The molecule has 0 aliphatic carbocycles. The Balaban J connectivity index is 3.61. The van der Waals surface area contributed by atoms with Gasteiger partial charge < -0.3 is 4.74 Å². The van der Waals surface area contributed by atoms with Gasteiger partial charge in [0.1, 0.15) is 5.60 Å². The molecule has 0 radical (unpaired) electrons. The second kappa shape index (κ2) is 4.18. The van der Waals surface area contributed by atoms with Gasteiger partial charge in [-0.3, -0.25) is 4.89 Å². The Kier molecular flexibility index (Phi) is 3.89. The van der Waals surface area contributed by atoms with Crippen LogP contribution in [0.3, 0.4) is 0 Å². The maximum absolute atomic E-state index is 10.4. The van der Waals surface area contributed by atoms with Crippen molar-refractivity contribution >= 4 is 6.16 Å². The highest BCUT2D eigenvalue weighted by atomic mass is 17.2. The van der Waals surface area contributed by atoms with E-state index in [2.05, 4.69) is 9.62 Å². The molecule has 0 N–H and O–H groups in total. The molecule has 0 rings (SSSR count). The van der Waals surface area contributed by atoms with Crippen molar-refractivity contribution in [3.63, 3.8) is 0 Å². The summed E-state index contributed by atoms with van der Waals surface area (Å²) in [5.74, 6) is 0. The van der Waals surface area contributed by atoms with Crippen molar-refractivity contribution in [1.82, 2.24) is 0 Å². The van der Waals surface area contributed by atoms with Crippen LogP contribution in [0.25, 0.3) is 0 Å². The Hall–Kier alpha value is -0.770. The van der Waals surface area contributed by atoms with Gasteiger partial charge in [-0.15, -0.1) is 0 Å². The lowest BCUT2D eigenvalue weighted by molar-refractivity contribution is -0.316. The summed E-state index contributed by atoms with van der Waals surface area (Å²) in [6.07, 6.45) is -0.0733. The first-order chi connectivity index (χ1) is 5.02. The van der Waals surface area contributed by atoms with Gasteiger partial charge >= 0.3 is 6.16 Å². The van der Waals surface area contributed by atoms with E-state index in [1.54, 1.807) is 0 Å². The molecular weight excluding hydrogens is 148 g/mol. The van der Waals surface area contributed by atoms with Gasteiger partial charge in [0.05, 0.1) is 7.11 Å². The van der Waals surface area contributed by atoms with Gasteiger partial charge in [0, 0.05) is 0 Å². The van der Waals surface area contributed by atoms with Crippen LogP contribution in [0.2, 0.25) is 0 Å². The van der Waals surface area contributed by atoms with Crippen LogP contribution in [-0.2, 0) is 14.5 Å². The second-order valence-electron chi connectivity index (χ2n) is 2.73. The summed E-state index contributed by atoms with van der Waals surface area (Å²) in [6.45, 7) is 5.56. The van der Waals surface area contributed by atoms with Crippen molar-refractivity contribution in [1.29, 1.82) is 0 Å². The SMILES string of the molecule is CCC(C)(C)OOC(=O)OC. The first-order valence-electron chi connectivity index (χ1n) is 3.45. The molecule has 4 nitrogen and oxygen atoms in total. The van der Waals surface area contributed by atoms with Crippen molar-refractivity contribution in [3.8, 4) is 0 Å². The lowest BCUT2D eigenvalue weighted by Gasteiger charge is -2.19. The quantitative estimate of drug-likeness (QED) is 0.361. The van der Waals surface area contributed by atoms with Crippen molar-refractivity contribution in [2.75, 3.05) is 7.11 Å². The van der Waals surface area contributed by atoms with Gasteiger partial charge in [-0.05, 0) is 20.3 Å². The van der Waals surface area contributed by atoms with E-state index in [1.807, 2.05) is 20.8 Å². The van der Waals surface area contributed by atoms with E-state index in [4.69, 9.17) is 4.89 Å². The maximum Gasteiger partial charge on any atom is 0.540 e. The number of rotatable bonds is 3. The molecule has 0 aromatic carbocycles. The van der Waals surface area contributed by atoms with Gasteiger partial charge in [-0.25, -0.2) is 4.79 Å². The fourth-order valence-corrected chi connectivity index (χ4v) is 0.240. The predicted octanol–water partition coefficient (Wildman–Crippen LogP) is 1.89. The molecule has 11 heavy (non-hydrogen) atoms. The Bertz CT molecular complexity index is 130. The third-order valence-corrected chi connectivity index (χ3v) is 1.35. The van der Waals surface area contributed by atoms with Crippen molar-refractivity contribution in [3.05, 3.63) is 0 Å². The van der Waals surface area contributed by atoms with Gasteiger partial charge in [-0.1, -0.05) is 6.92 Å². The highest BCUT2D eigenvalue weighted by Crippen LogP contribution is 2.13. The van der Waals surface area contributed by atoms with E-state index < -0.39 is 11.8 Å². The first-order valence-corrected chi connectivity index (χ1v) is 3.45. The average molecular weight is 162 g/mol. The Labute approximate surface area is 66.4 Å². The average Bonchev–Trinajstić information content (AvgIpc) is 2.00. The van der Waals surface area contributed by atoms with Crippen molar-refractivity contribution in [2.45, 2.75) is 32.8 Å². The van der Waals surface area contributed by atoms with Crippen LogP contribution in [0.5, 0.6) is 0 Å². The fraction of sp³-hybridized carbons (Fsp3) is 0.857. The molecule has 0 aliphatic heterocycles. The molecule has 0 fully saturated rings. The molecule has 0 aliphatic rings. The van der Waals surface area contributed by atoms with Gasteiger partial charge in [-0.2, -0.15) is 4.89 Å². The third kappa shape index (κ3) is 4.61. The summed E-state index contributed by atoms with van der Waals surface area (Å²) in [5, 5.41) is 0. The highest BCUT2D eigenvalue weighted by molar-refractivity contribution is 5.58. The minimum atomic E-state index is -0.827. The summed E-state index contributed by atoms with van der Waals surface area (Å²) in [7, 11) is 1.23. The molecule has 0 atom stereocenters. The predicted molar refractivity (Wildman–Crippen MR) is 38.9 cm³/mol. The topological polar surface area (TPSA) is 44.8 Å². The highest BCUT2D eigenvalue weighted by Gasteiger charge is 2.19. The number of ether oxygens (including phenoxy) is 1. The minimum Gasteiger partial charge on any atom is -0.436 e. The zero-order chi connectivity index (χ0) is 8.91. The molecule has 0 heterocycles. The molecule has 0 saturated carbocycles. The van der Waals surface area contributed by atoms with Crippen LogP contribution in [0, 0.1) is 0 Å². The zero-order valence-electron chi connectivity index (χ0n) is 7.34. The summed E-state index contributed by atoms with van der Waals surface area (Å²) < 4.78 is 4.20.